The number of nitrogens with one attached hydrogen (secondary N) is 2. The first-order valence-corrected chi connectivity index (χ1v) is 8.06. The molecule has 0 saturated carbocycles. The van der Waals surface area contributed by atoms with Crippen LogP contribution in [0.1, 0.15) is 30.1 Å². The van der Waals surface area contributed by atoms with Gasteiger partial charge in [0.1, 0.15) is 0 Å². The Morgan fingerprint density at radius 3 is 2.92 bits per heavy atom. The number of benzene rings is 1. The summed E-state index contributed by atoms with van der Waals surface area (Å²) in [5.74, 6) is -1.44. The third kappa shape index (κ3) is 4.08. The van der Waals surface area contributed by atoms with Gasteiger partial charge in [0.2, 0.25) is 0 Å². The predicted octanol–water partition coefficient (Wildman–Crippen LogP) is 3.16. The van der Waals surface area contributed by atoms with E-state index in [1.165, 1.54) is 25.3 Å². The lowest BCUT2D eigenvalue weighted by atomic mass is 10.0. The molecule has 1 fully saturated rings. The molecule has 7 nitrogen and oxygen atoms in total. The first-order valence-electron chi connectivity index (χ1n) is 8.06. The molecular weight excluding hydrogens is 365 g/mol. The van der Waals surface area contributed by atoms with Crippen LogP contribution in [0.5, 0.6) is 5.75 Å². The first-order chi connectivity index (χ1) is 12.0. The third-order valence-corrected chi connectivity index (χ3v) is 4.28. The zero-order valence-corrected chi connectivity index (χ0v) is 15.2. The second-order valence-corrected chi connectivity index (χ2v) is 6.11. The Balaban J connectivity index is 0.00000243. The van der Waals surface area contributed by atoms with Crippen molar-refractivity contribution in [3.8, 4) is 17.1 Å². The quantitative estimate of drug-likeness (QED) is 0.727. The molecule has 3 N–H and O–H groups in total. The Labute approximate surface area is 156 Å². The van der Waals surface area contributed by atoms with E-state index in [2.05, 4.69) is 22.7 Å². The van der Waals surface area contributed by atoms with Crippen LogP contribution in [-0.2, 0) is 0 Å². The van der Waals surface area contributed by atoms with Crippen LogP contribution in [-0.4, -0.2) is 42.0 Å². The van der Waals surface area contributed by atoms with E-state index in [1.54, 1.807) is 0 Å². The van der Waals surface area contributed by atoms with Crippen molar-refractivity contribution in [3.05, 3.63) is 29.6 Å². The topological polar surface area (TPSA) is 96.6 Å². The van der Waals surface area contributed by atoms with Gasteiger partial charge in [-0.15, -0.1) is 12.4 Å². The highest BCUT2D eigenvalue weighted by Gasteiger charge is 2.27. The number of halogens is 2. The van der Waals surface area contributed by atoms with Gasteiger partial charge in [-0.2, -0.15) is 0 Å². The summed E-state index contributed by atoms with van der Waals surface area (Å²) in [5, 5.41) is 20.0. The number of hydrogen-bond acceptors (Lipinski definition) is 6. The van der Waals surface area contributed by atoms with Gasteiger partial charge in [-0.1, -0.05) is 5.16 Å². The maximum atomic E-state index is 13.6. The molecule has 9 heteroatoms. The number of carboxylic acids is 1. The number of aromatic nitrogens is 1. The largest absolute Gasteiger partial charge is 0.494 e. The van der Waals surface area contributed by atoms with Crippen LogP contribution in [0, 0.1) is 5.82 Å². The summed E-state index contributed by atoms with van der Waals surface area (Å²) in [6.45, 7) is 2.92. The molecule has 1 aromatic carbocycles. The van der Waals surface area contributed by atoms with Gasteiger partial charge in [-0.05, 0) is 44.5 Å². The average molecular weight is 386 g/mol. The highest BCUT2D eigenvalue weighted by Crippen LogP contribution is 2.33. The van der Waals surface area contributed by atoms with Gasteiger partial charge < -0.3 is 25.0 Å². The van der Waals surface area contributed by atoms with Crippen molar-refractivity contribution in [3.63, 3.8) is 0 Å². The van der Waals surface area contributed by atoms with Crippen molar-refractivity contribution in [2.45, 2.75) is 31.8 Å². The Bertz CT molecular complexity index is 783. The van der Waals surface area contributed by atoms with E-state index in [0.29, 0.717) is 11.6 Å². The maximum Gasteiger partial charge on any atom is 0.343 e. The van der Waals surface area contributed by atoms with Crippen molar-refractivity contribution in [2.75, 3.05) is 19.0 Å². The summed E-state index contributed by atoms with van der Waals surface area (Å²) in [4.78, 5) is 11.7. The van der Waals surface area contributed by atoms with Gasteiger partial charge in [-0.3, -0.25) is 0 Å². The average Bonchev–Trinajstić information content (AvgIpc) is 2.99. The molecule has 1 aliphatic rings. The monoisotopic (exact) mass is 385 g/mol. The Hall–Kier alpha value is -2.32. The number of aromatic carboxylic acids is 1. The van der Waals surface area contributed by atoms with Crippen LogP contribution < -0.4 is 15.4 Å². The molecule has 1 aromatic heterocycles. The van der Waals surface area contributed by atoms with E-state index in [0.717, 1.165) is 19.4 Å². The summed E-state index contributed by atoms with van der Waals surface area (Å²) >= 11 is 0. The SMILES string of the molecule is COc1cc(-c2onc(N[C@H]3CCN[C@H](C)C3)c2C(=O)O)ccc1F.Cl. The normalized spacial score (nSPS) is 19.5. The van der Waals surface area contributed by atoms with Gasteiger partial charge in [0.15, 0.2) is 28.7 Å². The van der Waals surface area contributed by atoms with Gasteiger partial charge in [0.05, 0.1) is 7.11 Å². The molecular formula is C17H21ClFN3O4. The lowest BCUT2D eigenvalue weighted by molar-refractivity contribution is 0.0698. The molecule has 3 rings (SSSR count). The third-order valence-electron chi connectivity index (χ3n) is 4.28. The molecule has 2 aromatic rings. The fourth-order valence-electron chi connectivity index (χ4n) is 3.04. The van der Waals surface area contributed by atoms with E-state index >= 15 is 0 Å². The lowest BCUT2D eigenvalue weighted by Crippen LogP contribution is -2.41. The fourth-order valence-corrected chi connectivity index (χ4v) is 3.04. The molecule has 26 heavy (non-hydrogen) atoms. The summed E-state index contributed by atoms with van der Waals surface area (Å²) in [6, 6.07) is 4.46. The maximum absolute atomic E-state index is 13.6. The van der Waals surface area contributed by atoms with Crippen molar-refractivity contribution in [2.24, 2.45) is 0 Å². The van der Waals surface area contributed by atoms with Gasteiger partial charge in [-0.25, -0.2) is 9.18 Å². The zero-order chi connectivity index (χ0) is 18.0. The first kappa shape index (κ1) is 20.0. The Morgan fingerprint density at radius 1 is 1.50 bits per heavy atom. The number of hydrogen-bond donors (Lipinski definition) is 3. The highest BCUT2D eigenvalue weighted by molar-refractivity contribution is 5.99. The Kier molecular flexibility index (Phi) is 6.44. The number of methoxy groups -OCH3 is 1. The molecule has 0 unspecified atom stereocenters. The molecule has 1 aliphatic heterocycles. The Morgan fingerprint density at radius 2 is 2.27 bits per heavy atom. The van der Waals surface area contributed by atoms with Crippen molar-refractivity contribution < 1.29 is 23.6 Å². The van der Waals surface area contributed by atoms with Crippen LogP contribution in [0.25, 0.3) is 11.3 Å². The van der Waals surface area contributed by atoms with Crippen molar-refractivity contribution in [1.29, 1.82) is 0 Å². The predicted molar refractivity (Wildman–Crippen MR) is 96.8 cm³/mol. The highest BCUT2D eigenvalue weighted by atomic mass is 35.5. The smallest absolute Gasteiger partial charge is 0.343 e. The van der Waals surface area contributed by atoms with E-state index in [9.17, 15) is 14.3 Å². The molecule has 0 aliphatic carbocycles. The number of carbonyl (C=O) groups is 1. The zero-order valence-electron chi connectivity index (χ0n) is 14.4. The second-order valence-electron chi connectivity index (χ2n) is 6.11. The van der Waals surface area contributed by atoms with Crippen molar-refractivity contribution in [1.82, 2.24) is 10.5 Å². The molecule has 0 amide bonds. The molecule has 0 bridgehead atoms. The van der Waals surface area contributed by atoms with Crippen LogP contribution in [0.4, 0.5) is 10.2 Å². The van der Waals surface area contributed by atoms with Crippen LogP contribution in [0.2, 0.25) is 0 Å². The van der Waals surface area contributed by atoms with E-state index in [4.69, 9.17) is 9.26 Å². The standard InChI is InChI=1S/C17H20FN3O4.ClH/c1-9-7-11(5-6-19-9)20-16-14(17(22)23)15(25-21-16)10-3-4-12(18)13(8-10)24-2;/h3-4,8-9,11,19H,5-7H2,1-2H3,(H,20,21)(H,22,23);1H/t9-,11+;/m1./s1. The van der Waals surface area contributed by atoms with E-state index in [1.807, 2.05) is 0 Å². The number of rotatable bonds is 5. The van der Waals surface area contributed by atoms with Gasteiger partial charge in [0.25, 0.3) is 0 Å². The molecule has 2 atom stereocenters. The minimum Gasteiger partial charge on any atom is -0.494 e. The van der Waals surface area contributed by atoms with Crippen LogP contribution >= 0.6 is 12.4 Å². The lowest BCUT2D eigenvalue weighted by Gasteiger charge is -2.28. The molecule has 2 heterocycles. The summed E-state index contributed by atoms with van der Waals surface area (Å²) in [7, 11) is 1.34. The minimum atomic E-state index is -1.16. The summed E-state index contributed by atoms with van der Waals surface area (Å²) < 4.78 is 23.8. The van der Waals surface area contributed by atoms with E-state index in [-0.39, 0.29) is 41.3 Å². The van der Waals surface area contributed by atoms with Gasteiger partial charge in [0, 0.05) is 17.6 Å². The number of nitrogens with zero attached hydrogens (tertiary/aromatic N) is 1. The summed E-state index contributed by atoms with van der Waals surface area (Å²) in [5.41, 5.74) is 0.315. The van der Waals surface area contributed by atoms with Gasteiger partial charge >= 0.3 is 5.97 Å². The fraction of sp³-hybridized carbons (Fsp3) is 0.412. The van der Waals surface area contributed by atoms with E-state index < -0.39 is 11.8 Å². The molecule has 0 radical (unpaired) electrons. The molecule has 0 spiro atoms. The van der Waals surface area contributed by atoms with Crippen molar-refractivity contribution >= 4 is 24.2 Å². The number of carboxylic acid groups (broad SMARTS) is 1. The summed E-state index contributed by atoms with van der Waals surface area (Å²) in [6.07, 6.45) is 1.71. The molecule has 142 valence electrons. The number of anilines is 1. The minimum absolute atomic E-state index is 0. The molecule has 1 saturated heterocycles. The number of piperidine rings is 1. The van der Waals surface area contributed by atoms with Crippen LogP contribution in [0.15, 0.2) is 22.7 Å². The second kappa shape index (κ2) is 8.37. The van der Waals surface area contributed by atoms with Crippen LogP contribution in [0.3, 0.4) is 0 Å². The number of ether oxygens (including phenoxy) is 1.